The molecule has 0 radical (unpaired) electrons. The number of thiazole rings is 1. The molecule has 4 nitrogen and oxygen atoms in total. The van der Waals surface area contributed by atoms with Gasteiger partial charge in [0.25, 0.3) is 0 Å². The van der Waals surface area contributed by atoms with Crippen LogP contribution in [0.25, 0.3) is 0 Å². The number of guanidine groups is 1. The highest BCUT2D eigenvalue weighted by molar-refractivity contribution is 7.09. The van der Waals surface area contributed by atoms with E-state index in [-0.39, 0.29) is 0 Å². The van der Waals surface area contributed by atoms with Crippen molar-refractivity contribution in [1.29, 1.82) is 0 Å². The molecule has 0 unspecified atom stereocenters. The third-order valence-corrected chi connectivity index (χ3v) is 6.79. The monoisotopic (exact) mass is 348 g/mol. The smallest absolute Gasteiger partial charge is 0.193 e. The topological polar surface area (TPSA) is 40.5 Å². The van der Waals surface area contributed by atoms with Crippen LogP contribution < -0.4 is 5.32 Å². The Hall–Kier alpha value is -1.10. The Balaban J connectivity index is 1.48. The minimum Gasteiger partial charge on any atom is -0.356 e. The van der Waals surface area contributed by atoms with Crippen molar-refractivity contribution in [3.8, 4) is 0 Å². The van der Waals surface area contributed by atoms with Crippen LogP contribution in [0, 0.1) is 5.41 Å². The highest BCUT2D eigenvalue weighted by Crippen LogP contribution is 2.43. The zero-order chi connectivity index (χ0) is 17.0. The van der Waals surface area contributed by atoms with Crippen LogP contribution in [-0.2, 0) is 6.42 Å². The van der Waals surface area contributed by atoms with E-state index in [1.807, 2.05) is 7.05 Å². The quantitative estimate of drug-likeness (QED) is 0.659. The standard InChI is InChI=1S/C19H32N4S/c1-15(2)17-22-16(13-24-17)7-11-21-18(20-3)23-12-10-19(14-23)8-5-4-6-9-19/h13,15H,4-12,14H2,1-3H3,(H,20,21). The molecule has 1 aromatic heterocycles. The Morgan fingerprint density at radius 2 is 2.12 bits per heavy atom. The lowest BCUT2D eigenvalue weighted by atomic mass is 9.73. The molecule has 2 aliphatic rings. The summed E-state index contributed by atoms with van der Waals surface area (Å²) in [7, 11) is 1.91. The van der Waals surface area contributed by atoms with Crippen molar-refractivity contribution in [2.45, 2.75) is 64.7 Å². The fourth-order valence-electron chi connectivity index (χ4n) is 4.16. The number of nitrogens with zero attached hydrogens (tertiary/aromatic N) is 3. The van der Waals surface area contributed by atoms with E-state index in [9.17, 15) is 0 Å². The van der Waals surface area contributed by atoms with Crippen molar-refractivity contribution >= 4 is 17.3 Å². The van der Waals surface area contributed by atoms with Gasteiger partial charge in [-0.2, -0.15) is 0 Å². The second-order valence-corrected chi connectivity index (χ2v) is 8.68. The minimum absolute atomic E-state index is 0.528. The van der Waals surface area contributed by atoms with E-state index in [2.05, 4.69) is 34.4 Å². The lowest BCUT2D eigenvalue weighted by Crippen LogP contribution is -2.42. The molecule has 1 saturated heterocycles. The maximum atomic E-state index is 4.72. The van der Waals surface area contributed by atoms with Gasteiger partial charge >= 0.3 is 0 Å². The SMILES string of the molecule is CN=C(NCCc1csc(C(C)C)n1)N1CCC2(CCCCC2)C1. The molecule has 0 aromatic carbocycles. The highest BCUT2D eigenvalue weighted by Gasteiger charge is 2.39. The normalized spacial score (nSPS) is 21.0. The van der Waals surface area contributed by atoms with Crippen molar-refractivity contribution in [1.82, 2.24) is 15.2 Å². The Kier molecular flexibility index (Phi) is 5.80. The lowest BCUT2D eigenvalue weighted by molar-refractivity contribution is 0.203. The Morgan fingerprint density at radius 3 is 2.79 bits per heavy atom. The molecule has 24 heavy (non-hydrogen) atoms. The van der Waals surface area contributed by atoms with Gasteiger partial charge in [-0.1, -0.05) is 33.1 Å². The van der Waals surface area contributed by atoms with E-state index < -0.39 is 0 Å². The van der Waals surface area contributed by atoms with Crippen molar-refractivity contribution in [3.05, 3.63) is 16.1 Å². The molecule has 2 heterocycles. The fraction of sp³-hybridized carbons (Fsp3) is 0.789. The number of hydrogen-bond acceptors (Lipinski definition) is 3. The molecular weight excluding hydrogens is 316 g/mol. The van der Waals surface area contributed by atoms with Crippen LogP contribution in [0.15, 0.2) is 10.4 Å². The van der Waals surface area contributed by atoms with Crippen molar-refractivity contribution in [2.75, 3.05) is 26.7 Å². The van der Waals surface area contributed by atoms with Crippen molar-refractivity contribution < 1.29 is 0 Å². The lowest BCUT2D eigenvalue weighted by Gasteiger charge is -2.33. The molecule has 3 rings (SSSR count). The second kappa shape index (κ2) is 7.85. The molecule has 0 amide bonds. The summed E-state index contributed by atoms with van der Waals surface area (Å²) in [5, 5.41) is 7.01. The summed E-state index contributed by atoms with van der Waals surface area (Å²) in [6.07, 6.45) is 9.41. The summed E-state index contributed by atoms with van der Waals surface area (Å²) in [4.78, 5) is 11.7. The second-order valence-electron chi connectivity index (χ2n) is 7.79. The number of aliphatic imine (C=N–C) groups is 1. The first-order valence-electron chi connectivity index (χ1n) is 9.52. The Morgan fingerprint density at radius 1 is 1.33 bits per heavy atom. The summed E-state index contributed by atoms with van der Waals surface area (Å²) < 4.78 is 0. The van der Waals surface area contributed by atoms with E-state index in [1.165, 1.54) is 55.8 Å². The first-order valence-corrected chi connectivity index (χ1v) is 10.4. The fourth-order valence-corrected chi connectivity index (χ4v) is 5.03. The molecule has 5 heteroatoms. The first kappa shape index (κ1) is 17.7. The van der Waals surface area contributed by atoms with Gasteiger partial charge in [-0.05, 0) is 24.7 Å². The average Bonchev–Trinajstić information content (AvgIpc) is 3.20. The number of nitrogens with one attached hydrogen (secondary N) is 1. The van der Waals surface area contributed by atoms with Crippen LogP contribution in [0.5, 0.6) is 0 Å². The summed E-state index contributed by atoms with van der Waals surface area (Å²) in [6, 6.07) is 0. The predicted molar refractivity (Wildman–Crippen MR) is 103 cm³/mol. The average molecular weight is 349 g/mol. The van der Waals surface area contributed by atoms with Crippen LogP contribution in [0.1, 0.15) is 69.0 Å². The molecule has 2 fully saturated rings. The minimum atomic E-state index is 0.528. The van der Waals surface area contributed by atoms with Gasteiger partial charge in [0.2, 0.25) is 0 Å². The molecule has 1 saturated carbocycles. The molecule has 1 aliphatic carbocycles. The van der Waals surface area contributed by atoms with Crippen LogP contribution in [-0.4, -0.2) is 42.5 Å². The van der Waals surface area contributed by atoms with Gasteiger partial charge in [0.15, 0.2) is 5.96 Å². The molecule has 1 spiro atoms. The predicted octanol–water partition coefficient (Wildman–Crippen LogP) is 4.04. The summed E-state index contributed by atoms with van der Waals surface area (Å²) in [5.74, 6) is 1.61. The molecular formula is C19H32N4S. The Bertz CT molecular complexity index is 557. The zero-order valence-electron chi connectivity index (χ0n) is 15.5. The molecule has 134 valence electrons. The third kappa shape index (κ3) is 4.11. The third-order valence-electron chi connectivity index (χ3n) is 5.59. The van der Waals surface area contributed by atoms with Gasteiger partial charge in [0.05, 0.1) is 10.7 Å². The maximum absolute atomic E-state index is 4.72. The van der Waals surface area contributed by atoms with Gasteiger partial charge < -0.3 is 10.2 Å². The zero-order valence-corrected chi connectivity index (χ0v) is 16.3. The molecule has 0 bridgehead atoms. The Labute approximate surface area is 150 Å². The van der Waals surface area contributed by atoms with Gasteiger partial charge in [-0.25, -0.2) is 4.98 Å². The van der Waals surface area contributed by atoms with Gasteiger partial charge in [-0.3, -0.25) is 4.99 Å². The van der Waals surface area contributed by atoms with Gasteiger partial charge in [0, 0.05) is 44.4 Å². The maximum Gasteiger partial charge on any atom is 0.193 e. The highest BCUT2D eigenvalue weighted by atomic mass is 32.1. The van der Waals surface area contributed by atoms with Crippen molar-refractivity contribution in [2.24, 2.45) is 10.4 Å². The number of rotatable bonds is 4. The number of aromatic nitrogens is 1. The van der Waals surface area contributed by atoms with Crippen LogP contribution in [0.2, 0.25) is 0 Å². The van der Waals surface area contributed by atoms with Crippen molar-refractivity contribution in [3.63, 3.8) is 0 Å². The van der Waals surface area contributed by atoms with Gasteiger partial charge in [0.1, 0.15) is 0 Å². The number of hydrogen-bond donors (Lipinski definition) is 1. The number of likely N-dealkylation sites (tertiary alicyclic amines) is 1. The van der Waals surface area contributed by atoms with Gasteiger partial charge in [-0.15, -0.1) is 11.3 Å². The van der Waals surface area contributed by atoms with Crippen LogP contribution in [0.4, 0.5) is 0 Å². The summed E-state index contributed by atoms with van der Waals surface area (Å²) >= 11 is 1.78. The van der Waals surface area contributed by atoms with E-state index in [1.54, 1.807) is 11.3 Å². The van der Waals surface area contributed by atoms with E-state index in [4.69, 9.17) is 4.98 Å². The molecule has 1 aromatic rings. The first-order chi connectivity index (χ1) is 11.6. The van der Waals surface area contributed by atoms with E-state index >= 15 is 0 Å². The molecule has 1 N–H and O–H groups in total. The van der Waals surface area contributed by atoms with E-state index in [0.717, 1.165) is 25.5 Å². The van der Waals surface area contributed by atoms with E-state index in [0.29, 0.717) is 11.3 Å². The summed E-state index contributed by atoms with van der Waals surface area (Å²) in [6.45, 7) is 7.68. The largest absolute Gasteiger partial charge is 0.356 e. The van der Waals surface area contributed by atoms with Crippen LogP contribution in [0.3, 0.4) is 0 Å². The van der Waals surface area contributed by atoms with Crippen LogP contribution >= 0.6 is 11.3 Å². The molecule has 1 aliphatic heterocycles. The molecule has 0 atom stereocenters. The summed E-state index contributed by atoms with van der Waals surface area (Å²) in [5.41, 5.74) is 1.79.